The second kappa shape index (κ2) is 5.11. The van der Waals surface area contributed by atoms with E-state index in [9.17, 15) is 10.1 Å². The van der Waals surface area contributed by atoms with Gasteiger partial charge in [0.15, 0.2) is 0 Å². The van der Waals surface area contributed by atoms with E-state index in [1.807, 2.05) is 6.07 Å². The van der Waals surface area contributed by atoms with E-state index >= 15 is 0 Å². The van der Waals surface area contributed by atoms with Crippen LogP contribution >= 0.6 is 0 Å². The van der Waals surface area contributed by atoms with Crippen molar-refractivity contribution in [2.24, 2.45) is 0 Å². The Kier molecular flexibility index (Phi) is 4.18. The van der Waals surface area contributed by atoms with E-state index in [4.69, 9.17) is 9.92 Å². The first kappa shape index (κ1) is 14.7. The maximum Gasteiger partial charge on any atom is 0.492 e. The molecule has 0 radical (unpaired) electrons. The Morgan fingerprint density at radius 2 is 1.78 bits per heavy atom. The molecule has 0 atom stereocenters. The zero-order valence-electron chi connectivity index (χ0n) is 11.1. The molecule has 1 aromatic rings. The average molecular weight is 247 g/mol. The number of hydrogen-bond donors (Lipinski definition) is 2. The zero-order valence-corrected chi connectivity index (χ0v) is 11.1. The molecule has 0 aliphatic rings. The van der Waals surface area contributed by atoms with Gasteiger partial charge in [-0.2, -0.15) is 5.26 Å². The zero-order chi connectivity index (χ0) is 14.0. The summed E-state index contributed by atoms with van der Waals surface area (Å²) in [6, 6.07) is 8.68. The Hall–Kier alpha value is -1.35. The highest BCUT2D eigenvalue weighted by Crippen LogP contribution is 2.25. The molecule has 0 saturated heterocycles. The topological polar surface area (TPSA) is 73.5 Å². The standard InChI is InChI=1S/C13H18BNO3/c1-12(2,16)13(3,4)18-14(17)11-8-6-5-7-10(11)9-15/h5-8,16-17H,1-4H3. The Morgan fingerprint density at radius 1 is 1.22 bits per heavy atom. The van der Waals surface area contributed by atoms with Gasteiger partial charge in [-0.1, -0.05) is 18.2 Å². The molecule has 5 heteroatoms. The summed E-state index contributed by atoms with van der Waals surface area (Å²) in [5.74, 6) is 0. The summed E-state index contributed by atoms with van der Waals surface area (Å²) in [5.41, 5.74) is -1.31. The minimum atomic E-state index is -1.25. The van der Waals surface area contributed by atoms with Crippen LogP contribution in [0.1, 0.15) is 33.3 Å². The SMILES string of the molecule is CC(C)(O)C(C)(C)OB(O)c1ccccc1C#N. The molecule has 0 aliphatic carbocycles. The van der Waals surface area contributed by atoms with Crippen LogP contribution in [0.4, 0.5) is 0 Å². The third-order valence-corrected chi connectivity index (χ3v) is 3.23. The summed E-state index contributed by atoms with van der Waals surface area (Å²) >= 11 is 0. The molecule has 1 aromatic carbocycles. The monoisotopic (exact) mass is 247 g/mol. The third-order valence-electron chi connectivity index (χ3n) is 3.23. The fourth-order valence-electron chi connectivity index (χ4n) is 1.30. The van der Waals surface area contributed by atoms with Crippen molar-refractivity contribution in [1.82, 2.24) is 0 Å². The molecule has 0 saturated carbocycles. The lowest BCUT2D eigenvalue weighted by atomic mass is 9.74. The van der Waals surface area contributed by atoms with Crippen LogP contribution in [0, 0.1) is 11.3 Å². The lowest BCUT2D eigenvalue weighted by molar-refractivity contribution is -0.0982. The van der Waals surface area contributed by atoms with Crippen LogP contribution in [0.25, 0.3) is 0 Å². The Balaban J connectivity index is 2.97. The van der Waals surface area contributed by atoms with Crippen LogP contribution in [-0.4, -0.2) is 28.5 Å². The molecule has 0 amide bonds. The van der Waals surface area contributed by atoms with Gasteiger partial charge >= 0.3 is 7.12 Å². The van der Waals surface area contributed by atoms with Crippen molar-refractivity contribution in [3.8, 4) is 6.07 Å². The van der Waals surface area contributed by atoms with Crippen LogP contribution in [-0.2, 0) is 4.65 Å². The minimum absolute atomic E-state index is 0.358. The number of aliphatic hydroxyl groups is 1. The molecular formula is C13H18BNO3. The Labute approximate surface area is 108 Å². The predicted molar refractivity (Wildman–Crippen MR) is 70.2 cm³/mol. The molecule has 0 spiro atoms. The lowest BCUT2D eigenvalue weighted by Crippen LogP contribution is -2.53. The summed E-state index contributed by atoms with van der Waals surface area (Å²) in [4.78, 5) is 0. The maximum absolute atomic E-state index is 10.0. The molecule has 4 nitrogen and oxygen atoms in total. The molecule has 0 bridgehead atoms. The Morgan fingerprint density at radius 3 is 2.28 bits per heavy atom. The molecular weight excluding hydrogens is 229 g/mol. The number of hydrogen-bond acceptors (Lipinski definition) is 4. The molecule has 0 aromatic heterocycles. The van der Waals surface area contributed by atoms with Crippen LogP contribution < -0.4 is 5.46 Å². The van der Waals surface area contributed by atoms with Gasteiger partial charge in [0.2, 0.25) is 0 Å². The van der Waals surface area contributed by atoms with E-state index in [1.54, 1.807) is 52.0 Å². The number of benzene rings is 1. The number of nitriles is 1. The summed E-state index contributed by atoms with van der Waals surface area (Å²) in [6.45, 7) is 6.59. The normalized spacial score (nSPS) is 12.1. The summed E-state index contributed by atoms with van der Waals surface area (Å²) < 4.78 is 5.49. The van der Waals surface area contributed by atoms with Crippen molar-refractivity contribution in [2.45, 2.75) is 38.9 Å². The van der Waals surface area contributed by atoms with Crippen molar-refractivity contribution in [3.05, 3.63) is 29.8 Å². The number of nitrogens with zero attached hydrogens (tertiary/aromatic N) is 1. The first-order valence-corrected chi connectivity index (χ1v) is 5.76. The van der Waals surface area contributed by atoms with Crippen molar-refractivity contribution in [2.75, 3.05) is 0 Å². The highest BCUT2D eigenvalue weighted by atomic mass is 16.5. The summed E-state index contributed by atoms with van der Waals surface area (Å²) in [5, 5.41) is 29.0. The summed E-state index contributed by atoms with van der Waals surface area (Å²) in [6.07, 6.45) is 0. The molecule has 0 aliphatic heterocycles. The van der Waals surface area contributed by atoms with Gasteiger partial charge in [0.05, 0.1) is 22.8 Å². The van der Waals surface area contributed by atoms with Gasteiger partial charge in [0.1, 0.15) is 0 Å². The minimum Gasteiger partial charge on any atom is -0.423 e. The first-order chi connectivity index (χ1) is 8.19. The highest BCUT2D eigenvalue weighted by molar-refractivity contribution is 6.60. The molecule has 0 heterocycles. The van der Waals surface area contributed by atoms with Gasteiger partial charge in [-0.25, -0.2) is 0 Å². The lowest BCUT2D eigenvalue weighted by Gasteiger charge is -2.38. The summed E-state index contributed by atoms with van der Waals surface area (Å²) in [7, 11) is -1.25. The Bertz CT molecular complexity index is 460. The first-order valence-electron chi connectivity index (χ1n) is 5.76. The molecule has 18 heavy (non-hydrogen) atoms. The van der Waals surface area contributed by atoms with Crippen LogP contribution in [0.15, 0.2) is 24.3 Å². The molecule has 0 fully saturated rings. The van der Waals surface area contributed by atoms with Crippen molar-refractivity contribution < 1.29 is 14.8 Å². The molecule has 0 unspecified atom stereocenters. The van der Waals surface area contributed by atoms with E-state index < -0.39 is 18.3 Å². The second-order valence-corrected chi connectivity index (χ2v) is 5.24. The fraction of sp³-hybridized carbons (Fsp3) is 0.462. The van der Waals surface area contributed by atoms with E-state index in [0.717, 1.165) is 0 Å². The van der Waals surface area contributed by atoms with Crippen molar-refractivity contribution in [1.29, 1.82) is 5.26 Å². The quantitative estimate of drug-likeness (QED) is 0.772. The molecule has 1 rings (SSSR count). The van der Waals surface area contributed by atoms with Gasteiger partial charge in [0.25, 0.3) is 0 Å². The van der Waals surface area contributed by atoms with Gasteiger partial charge < -0.3 is 14.8 Å². The van der Waals surface area contributed by atoms with E-state index in [2.05, 4.69) is 0 Å². The van der Waals surface area contributed by atoms with E-state index in [-0.39, 0.29) is 0 Å². The van der Waals surface area contributed by atoms with E-state index in [0.29, 0.717) is 11.0 Å². The van der Waals surface area contributed by atoms with Gasteiger partial charge in [0, 0.05) is 0 Å². The number of rotatable bonds is 4. The van der Waals surface area contributed by atoms with Gasteiger partial charge in [-0.3, -0.25) is 0 Å². The average Bonchev–Trinajstić information content (AvgIpc) is 2.26. The van der Waals surface area contributed by atoms with Crippen LogP contribution in [0.5, 0.6) is 0 Å². The molecule has 96 valence electrons. The maximum atomic E-state index is 10.0. The van der Waals surface area contributed by atoms with Gasteiger partial charge in [-0.05, 0) is 39.2 Å². The fourth-order valence-corrected chi connectivity index (χ4v) is 1.30. The van der Waals surface area contributed by atoms with E-state index in [1.165, 1.54) is 0 Å². The predicted octanol–water partition coefficient (Wildman–Crippen LogP) is 0.812. The molecule has 2 N–H and O–H groups in total. The van der Waals surface area contributed by atoms with Gasteiger partial charge in [-0.15, -0.1) is 0 Å². The smallest absolute Gasteiger partial charge is 0.423 e. The van der Waals surface area contributed by atoms with Crippen LogP contribution in [0.2, 0.25) is 0 Å². The third kappa shape index (κ3) is 3.11. The second-order valence-electron chi connectivity index (χ2n) is 5.24. The van der Waals surface area contributed by atoms with Crippen molar-refractivity contribution >= 4 is 12.6 Å². The van der Waals surface area contributed by atoms with Crippen molar-refractivity contribution in [3.63, 3.8) is 0 Å². The van der Waals surface area contributed by atoms with Crippen LogP contribution in [0.3, 0.4) is 0 Å². The largest absolute Gasteiger partial charge is 0.492 e. The highest BCUT2D eigenvalue weighted by Gasteiger charge is 2.39.